The first-order valence-corrected chi connectivity index (χ1v) is 5.00. The lowest BCUT2D eigenvalue weighted by Gasteiger charge is -2.30. The van der Waals surface area contributed by atoms with Gasteiger partial charge in [-0.25, -0.2) is 0 Å². The van der Waals surface area contributed by atoms with Crippen molar-refractivity contribution >= 4 is 5.91 Å². The summed E-state index contributed by atoms with van der Waals surface area (Å²) in [5, 5.41) is 6.02. The van der Waals surface area contributed by atoms with Crippen LogP contribution in [0.2, 0.25) is 0 Å². The summed E-state index contributed by atoms with van der Waals surface area (Å²) in [6.07, 6.45) is 1.84. The Bertz CT molecular complexity index is 170. The molecule has 1 amide bonds. The predicted molar refractivity (Wildman–Crippen MR) is 55.7 cm³/mol. The fourth-order valence-electron chi connectivity index (χ4n) is 1.25. The van der Waals surface area contributed by atoms with E-state index in [2.05, 4.69) is 24.5 Å². The van der Waals surface area contributed by atoms with Crippen molar-refractivity contribution in [3.05, 3.63) is 0 Å². The molecule has 0 saturated carbocycles. The molecule has 2 atom stereocenters. The van der Waals surface area contributed by atoms with Crippen LogP contribution < -0.4 is 10.6 Å². The van der Waals surface area contributed by atoms with Crippen LogP contribution in [0.4, 0.5) is 0 Å². The number of hydrogen-bond acceptors (Lipinski definition) is 2. The first-order chi connectivity index (χ1) is 6.00. The average Bonchev–Trinajstić information content (AvgIpc) is 2.15. The lowest BCUT2D eigenvalue weighted by atomic mass is 9.96. The summed E-state index contributed by atoms with van der Waals surface area (Å²) in [5.74, 6) is 0.0651. The van der Waals surface area contributed by atoms with Gasteiger partial charge in [0.2, 0.25) is 5.91 Å². The van der Waals surface area contributed by atoms with Gasteiger partial charge in [-0.05, 0) is 26.7 Å². The highest BCUT2D eigenvalue weighted by molar-refractivity contribution is 5.85. The van der Waals surface area contributed by atoms with Crippen molar-refractivity contribution in [3.8, 4) is 0 Å². The fraction of sp³-hybridized carbons (Fsp3) is 0.900. The van der Waals surface area contributed by atoms with Gasteiger partial charge in [-0.3, -0.25) is 4.79 Å². The Kier molecular flexibility index (Phi) is 4.99. The van der Waals surface area contributed by atoms with E-state index in [-0.39, 0.29) is 5.91 Å². The van der Waals surface area contributed by atoms with E-state index in [9.17, 15) is 4.79 Å². The van der Waals surface area contributed by atoms with Gasteiger partial charge in [0.05, 0.1) is 5.54 Å². The molecular weight excluding hydrogens is 164 g/mol. The van der Waals surface area contributed by atoms with Crippen LogP contribution in [0.25, 0.3) is 0 Å². The topological polar surface area (TPSA) is 41.1 Å². The van der Waals surface area contributed by atoms with Crippen LogP contribution in [-0.2, 0) is 4.79 Å². The highest BCUT2D eigenvalue weighted by Gasteiger charge is 2.30. The molecular formula is C10H22N2O. The van der Waals surface area contributed by atoms with Gasteiger partial charge in [0, 0.05) is 13.1 Å². The molecule has 0 saturated heterocycles. The molecule has 0 radical (unpaired) electrons. The van der Waals surface area contributed by atoms with E-state index in [0.29, 0.717) is 6.04 Å². The molecule has 0 aromatic carbocycles. The van der Waals surface area contributed by atoms with Crippen LogP contribution in [0.15, 0.2) is 0 Å². The molecule has 0 aromatic heterocycles. The largest absolute Gasteiger partial charge is 0.358 e. The Hall–Kier alpha value is -0.570. The van der Waals surface area contributed by atoms with E-state index in [1.165, 1.54) is 0 Å². The van der Waals surface area contributed by atoms with Crippen LogP contribution >= 0.6 is 0 Å². The van der Waals surface area contributed by atoms with E-state index in [1.807, 2.05) is 13.8 Å². The van der Waals surface area contributed by atoms with Crippen LogP contribution in [0, 0.1) is 0 Å². The number of rotatable bonds is 5. The summed E-state index contributed by atoms with van der Waals surface area (Å²) < 4.78 is 0. The van der Waals surface area contributed by atoms with Gasteiger partial charge in [-0.15, -0.1) is 0 Å². The van der Waals surface area contributed by atoms with Crippen molar-refractivity contribution in [2.75, 3.05) is 7.05 Å². The Morgan fingerprint density at radius 1 is 1.46 bits per heavy atom. The zero-order valence-electron chi connectivity index (χ0n) is 9.40. The minimum Gasteiger partial charge on any atom is -0.358 e. The molecule has 0 rings (SSSR count). The van der Waals surface area contributed by atoms with Crippen LogP contribution in [0.5, 0.6) is 0 Å². The standard InChI is InChI=1S/C10H22N2O/c1-6-8(3)12-10(4,7-2)9(13)11-5/h8,12H,6-7H2,1-5H3,(H,11,13). The molecule has 0 aliphatic heterocycles. The molecule has 0 aliphatic rings. The van der Waals surface area contributed by atoms with Crippen molar-refractivity contribution in [2.45, 2.75) is 52.1 Å². The monoisotopic (exact) mass is 186 g/mol. The van der Waals surface area contributed by atoms with Gasteiger partial charge in [-0.2, -0.15) is 0 Å². The summed E-state index contributed by atoms with van der Waals surface area (Å²) in [7, 11) is 1.68. The summed E-state index contributed by atoms with van der Waals surface area (Å²) in [5.41, 5.74) is -0.426. The van der Waals surface area contributed by atoms with Crippen LogP contribution in [0.3, 0.4) is 0 Å². The normalized spacial score (nSPS) is 17.6. The molecule has 78 valence electrons. The van der Waals surface area contributed by atoms with E-state index < -0.39 is 5.54 Å². The summed E-state index contributed by atoms with van der Waals surface area (Å²) in [6, 6.07) is 0.377. The molecule has 3 nitrogen and oxygen atoms in total. The second kappa shape index (κ2) is 5.22. The summed E-state index contributed by atoms with van der Waals surface area (Å²) in [4.78, 5) is 11.5. The maximum atomic E-state index is 11.5. The number of amides is 1. The third kappa shape index (κ3) is 3.35. The first kappa shape index (κ1) is 12.4. The van der Waals surface area contributed by atoms with E-state index in [0.717, 1.165) is 12.8 Å². The predicted octanol–water partition coefficient (Wildman–Crippen LogP) is 1.29. The molecule has 0 heterocycles. The lowest BCUT2D eigenvalue weighted by molar-refractivity contribution is -0.127. The minimum absolute atomic E-state index is 0.0651. The Balaban J connectivity index is 4.35. The Morgan fingerprint density at radius 3 is 2.31 bits per heavy atom. The molecule has 3 heteroatoms. The molecule has 0 aromatic rings. The Labute approximate surface area is 81.3 Å². The Morgan fingerprint density at radius 2 is 2.00 bits per heavy atom. The van der Waals surface area contributed by atoms with E-state index in [1.54, 1.807) is 7.05 Å². The highest BCUT2D eigenvalue weighted by Crippen LogP contribution is 2.11. The van der Waals surface area contributed by atoms with Crippen molar-refractivity contribution in [1.29, 1.82) is 0 Å². The average molecular weight is 186 g/mol. The van der Waals surface area contributed by atoms with Crippen LogP contribution in [0.1, 0.15) is 40.5 Å². The van der Waals surface area contributed by atoms with Gasteiger partial charge >= 0.3 is 0 Å². The number of hydrogen-bond donors (Lipinski definition) is 2. The van der Waals surface area contributed by atoms with Crippen molar-refractivity contribution in [1.82, 2.24) is 10.6 Å². The molecule has 2 N–H and O–H groups in total. The lowest BCUT2D eigenvalue weighted by Crippen LogP contribution is -2.56. The zero-order chi connectivity index (χ0) is 10.5. The van der Waals surface area contributed by atoms with Gasteiger partial charge in [0.25, 0.3) is 0 Å². The molecule has 0 fully saturated rings. The van der Waals surface area contributed by atoms with Gasteiger partial charge in [-0.1, -0.05) is 13.8 Å². The molecule has 0 bridgehead atoms. The van der Waals surface area contributed by atoms with Crippen molar-refractivity contribution in [3.63, 3.8) is 0 Å². The number of likely N-dealkylation sites (N-methyl/N-ethyl adjacent to an activating group) is 1. The maximum absolute atomic E-state index is 11.5. The van der Waals surface area contributed by atoms with Crippen molar-refractivity contribution in [2.24, 2.45) is 0 Å². The first-order valence-electron chi connectivity index (χ1n) is 5.00. The van der Waals surface area contributed by atoms with E-state index in [4.69, 9.17) is 0 Å². The minimum atomic E-state index is -0.426. The molecule has 0 aliphatic carbocycles. The van der Waals surface area contributed by atoms with Crippen molar-refractivity contribution < 1.29 is 4.79 Å². The second-order valence-electron chi connectivity index (χ2n) is 3.72. The summed E-state index contributed by atoms with van der Waals surface area (Å²) >= 11 is 0. The third-order valence-electron chi connectivity index (χ3n) is 2.61. The van der Waals surface area contributed by atoms with E-state index >= 15 is 0 Å². The molecule has 2 unspecified atom stereocenters. The number of nitrogens with one attached hydrogen (secondary N) is 2. The highest BCUT2D eigenvalue weighted by atomic mass is 16.2. The summed E-state index contributed by atoms with van der Waals surface area (Å²) in [6.45, 7) is 8.16. The zero-order valence-corrected chi connectivity index (χ0v) is 9.40. The van der Waals surface area contributed by atoms with Crippen LogP contribution in [-0.4, -0.2) is 24.5 Å². The van der Waals surface area contributed by atoms with Gasteiger partial charge in [0.1, 0.15) is 0 Å². The second-order valence-corrected chi connectivity index (χ2v) is 3.72. The SMILES string of the molecule is CCC(C)NC(C)(CC)C(=O)NC. The smallest absolute Gasteiger partial charge is 0.239 e. The number of carbonyl (C=O) groups is 1. The fourth-order valence-corrected chi connectivity index (χ4v) is 1.25. The number of carbonyl (C=O) groups excluding carboxylic acids is 1. The third-order valence-corrected chi connectivity index (χ3v) is 2.61. The van der Waals surface area contributed by atoms with Gasteiger partial charge in [0.15, 0.2) is 0 Å². The van der Waals surface area contributed by atoms with Gasteiger partial charge < -0.3 is 10.6 Å². The molecule has 13 heavy (non-hydrogen) atoms. The molecule has 0 spiro atoms. The maximum Gasteiger partial charge on any atom is 0.239 e. The quantitative estimate of drug-likeness (QED) is 0.679.